The number of nitro benzene ring substituents is 1. The number of hydrogen-bond acceptors (Lipinski definition) is 7. The average molecular weight is 492 g/mol. The molecule has 3 amide bonds. The molecule has 1 aliphatic heterocycles. The van der Waals surface area contributed by atoms with Crippen LogP contribution in [0.2, 0.25) is 0 Å². The Morgan fingerprint density at radius 2 is 1.72 bits per heavy atom. The summed E-state index contributed by atoms with van der Waals surface area (Å²) in [6.45, 7) is 0.891. The number of aryl methyl sites for hydroxylation is 1. The third kappa shape index (κ3) is 5.17. The molecule has 1 fully saturated rings. The minimum atomic E-state index is -1.22. The summed E-state index contributed by atoms with van der Waals surface area (Å²) in [6, 6.07) is 11.9. The molecule has 1 saturated heterocycles. The summed E-state index contributed by atoms with van der Waals surface area (Å²) >= 11 is 0. The van der Waals surface area contributed by atoms with Gasteiger partial charge in [0.1, 0.15) is 6.04 Å². The first kappa shape index (κ1) is 24.8. The summed E-state index contributed by atoms with van der Waals surface area (Å²) in [5, 5.41) is 13.6. The topological polar surface area (TPSA) is 136 Å². The average Bonchev–Trinajstić information content (AvgIpc) is 3.12. The maximum atomic E-state index is 13.1. The van der Waals surface area contributed by atoms with Gasteiger partial charge in [-0.1, -0.05) is 48.6 Å². The molecule has 1 heterocycles. The number of carbonyl (C=O) groups excluding carboxylic acids is 4. The van der Waals surface area contributed by atoms with E-state index in [1.165, 1.54) is 18.2 Å². The lowest BCUT2D eigenvalue weighted by atomic mass is 9.85. The molecule has 3 atom stereocenters. The van der Waals surface area contributed by atoms with Crippen molar-refractivity contribution in [2.45, 2.75) is 32.2 Å². The zero-order valence-electron chi connectivity index (χ0n) is 19.6. The molecular weight excluding hydrogens is 466 g/mol. The molecule has 0 aromatic heterocycles. The molecule has 36 heavy (non-hydrogen) atoms. The number of nitrogens with zero attached hydrogens (tertiary/aromatic N) is 2. The highest BCUT2D eigenvalue weighted by molar-refractivity contribution is 6.08. The van der Waals surface area contributed by atoms with Crippen LogP contribution >= 0.6 is 0 Å². The normalized spacial score (nSPS) is 19.5. The van der Waals surface area contributed by atoms with Gasteiger partial charge >= 0.3 is 5.97 Å². The Bertz CT molecular complexity index is 1220. The molecule has 4 rings (SSSR count). The second kappa shape index (κ2) is 10.5. The van der Waals surface area contributed by atoms with Gasteiger partial charge in [0.25, 0.3) is 11.6 Å². The lowest BCUT2D eigenvalue weighted by Gasteiger charge is -2.25. The number of amides is 3. The number of ether oxygens (including phenoxy) is 1. The van der Waals surface area contributed by atoms with Gasteiger partial charge in [0.05, 0.1) is 16.8 Å². The molecule has 10 nitrogen and oxygen atoms in total. The zero-order valence-corrected chi connectivity index (χ0v) is 19.6. The van der Waals surface area contributed by atoms with Gasteiger partial charge in [0, 0.05) is 23.7 Å². The van der Waals surface area contributed by atoms with Gasteiger partial charge in [0.2, 0.25) is 11.8 Å². The highest BCUT2D eigenvalue weighted by Crippen LogP contribution is 2.36. The Kier molecular flexibility index (Phi) is 7.23. The summed E-state index contributed by atoms with van der Waals surface area (Å²) in [7, 11) is 0. The molecule has 1 N–H and O–H groups in total. The van der Waals surface area contributed by atoms with Crippen LogP contribution in [0, 0.1) is 28.9 Å². The van der Waals surface area contributed by atoms with Gasteiger partial charge in [-0.2, -0.15) is 0 Å². The molecule has 0 radical (unpaired) electrons. The fraction of sp³-hybridized carbons (Fsp3) is 0.308. The quantitative estimate of drug-likeness (QED) is 0.197. The Hall–Kier alpha value is -4.34. The van der Waals surface area contributed by atoms with E-state index in [0.717, 1.165) is 10.5 Å². The lowest BCUT2D eigenvalue weighted by Crippen LogP contribution is -2.48. The van der Waals surface area contributed by atoms with Crippen molar-refractivity contribution >= 4 is 35.1 Å². The minimum Gasteiger partial charge on any atom is -0.454 e. The summed E-state index contributed by atoms with van der Waals surface area (Å²) in [5.41, 5.74) is 1.18. The van der Waals surface area contributed by atoms with Gasteiger partial charge < -0.3 is 10.1 Å². The number of hydrogen-bond donors (Lipinski definition) is 1. The third-order valence-electron chi connectivity index (χ3n) is 6.43. The standard InChI is InChI=1S/C26H25N3O7/c1-16-11-12-18(14-21(16)29(34)35)27-23(30)15-36-26(33)22(13-17-7-3-2-4-8-17)28-24(31)19-9-5-6-10-20(19)25(28)32/h2-8,11-12,14,19-20,22H,9-10,13,15H2,1H3,(H,27,30)/t19-,20+,22-/m0/s1. The van der Waals surface area contributed by atoms with Crippen LogP contribution in [-0.4, -0.2) is 46.2 Å². The predicted octanol–water partition coefficient (Wildman–Crippen LogP) is 2.95. The van der Waals surface area contributed by atoms with E-state index in [0.29, 0.717) is 18.4 Å². The SMILES string of the molecule is Cc1ccc(NC(=O)COC(=O)[C@H](Cc2ccccc2)N2C(=O)[C@H]3CC=CC[C@H]3C2=O)cc1[N+](=O)[O-]. The fourth-order valence-electron chi connectivity index (χ4n) is 4.56. The molecule has 0 unspecified atom stereocenters. The molecular formula is C26H25N3O7. The summed E-state index contributed by atoms with van der Waals surface area (Å²) in [6.07, 6.45) is 4.64. The van der Waals surface area contributed by atoms with Crippen LogP contribution in [0.15, 0.2) is 60.7 Å². The molecule has 0 bridgehead atoms. The number of carbonyl (C=O) groups is 4. The van der Waals surface area contributed by atoms with Crippen molar-refractivity contribution in [3.8, 4) is 0 Å². The first-order chi connectivity index (χ1) is 17.3. The molecule has 0 spiro atoms. The van der Waals surface area contributed by atoms with Crippen LogP contribution in [0.5, 0.6) is 0 Å². The van der Waals surface area contributed by atoms with Gasteiger partial charge in [0.15, 0.2) is 6.61 Å². The summed E-state index contributed by atoms with van der Waals surface area (Å²) in [4.78, 5) is 63.3. The number of nitrogens with one attached hydrogen (secondary N) is 1. The number of anilines is 1. The Morgan fingerprint density at radius 3 is 2.33 bits per heavy atom. The predicted molar refractivity (Wildman–Crippen MR) is 129 cm³/mol. The Morgan fingerprint density at radius 1 is 1.08 bits per heavy atom. The van der Waals surface area contributed by atoms with Gasteiger partial charge in [-0.15, -0.1) is 0 Å². The maximum absolute atomic E-state index is 13.1. The van der Waals surface area contributed by atoms with Crippen molar-refractivity contribution in [1.82, 2.24) is 4.90 Å². The molecule has 1 aliphatic carbocycles. The molecule has 2 aromatic rings. The number of benzene rings is 2. The smallest absolute Gasteiger partial charge is 0.330 e. The number of likely N-dealkylation sites (tertiary alicyclic amines) is 1. The monoisotopic (exact) mass is 491 g/mol. The molecule has 0 saturated carbocycles. The minimum absolute atomic E-state index is 0.0514. The zero-order chi connectivity index (χ0) is 25.8. The molecule has 2 aliphatic rings. The van der Waals surface area contributed by atoms with Crippen molar-refractivity contribution in [2.75, 3.05) is 11.9 Å². The van der Waals surface area contributed by atoms with E-state index in [9.17, 15) is 29.3 Å². The maximum Gasteiger partial charge on any atom is 0.330 e. The van der Waals surface area contributed by atoms with Crippen LogP contribution in [0.25, 0.3) is 0 Å². The van der Waals surface area contributed by atoms with Gasteiger partial charge in [-0.3, -0.25) is 29.4 Å². The van der Waals surface area contributed by atoms with Crippen molar-refractivity contribution in [2.24, 2.45) is 11.8 Å². The lowest BCUT2D eigenvalue weighted by molar-refractivity contribution is -0.385. The highest BCUT2D eigenvalue weighted by atomic mass is 16.6. The van der Waals surface area contributed by atoms with Crippen LogP contribution in [0.1, 0.15) is 24.0 Å². The Labute approximate surface area is 207 Å². The number of rotatable bonds is 8. The highest BCUT2D eigenvalue weighted by Gasteiger charge is 2.51. The molecule has 10 heteroatoms. The number of fused-ring (bicyclic) bond motifs is 1. The van der Waals surface area contributed by atoms with E-state index in [4.69, 9.17) is 4.74 Å². The van der Waals surface area contributed by atoms with E-state index in [-0.39, 0.29) is 17.8 Å². The summed E-state index contributed by atoms with van der Waals surface area (Å²) < 4.78 is 5.23. The van der Waals surface area contributed by atoms with Crippen molar-refractivity contribution in [1.29, 1.82) is 0 Å². The van der Waals surface area contributed by atoms with Crippen molar-refractivity contribution in [3.05, 3.63) is 81.9 Å². The first-order valence-electron chi connectivity index (χ1n) is 11.5. The number of esters is 1. The molecule has 186 valence electrons. The van der Waals surface area contributed by atoms with Gasteiger partial charge in [-0.25, -0.2) is 4.79 Å². The van der Waals surface area contributed by atoms with Crippen molar-refractivity contribution < 1.29 is 28.8 Å². The third-order valence-corrected chi connectivity index (χ3v) is 6.43. The molecule has 2 aromatic carbocycles. The van der Waals surface area contributed by atoms with E-state index in [2.05, 4.69) is 5.32 Å². The van der Waals surface area contributed by atoms with Crippen molar-refractivity contribution in [3.63, 3.8) is 0 Å². The van der Waals surface area contributed by atoms with E-state index in [1.54, 1.807) is 31.2 Å². The number of imide groups is 1. The second-order valence-electron chi connectivity index (χ2n) is 8.82. The Balaban J connectivity index is 1.47. The second-order valence-corrected chi connectivity index (χ2v) is 8.82. The van der Waals surface area contributed by atoms with E-state index < -0.39 is 53.1 Å². The fourth-order valence-corrected chi connectivity index (χ4v) is 4.56. The number of allylic oxidation sites excluding steroid dienone is 2. The van der Waals surface area contributed by atoms with E-state index in [1.807, 2.05) is 18.2 Å². The van der Waals surface area contributed by atoms with Crippen LogP contribution in [0.4, 0.5) is 11.4 Å². The van der Waals surface area contributed by atoms with E-state index >= 15 is 0 Å². The van der Waals surface area contributed by atoms with Gasteiger partial charge in [-0.05, 0) is 31.4 Å². The number of nitro groups is 1. The summed E-state index contributed by atoms with van der Waals surface area (Å²) in [5.74, 6) is -3.43. The largest absolute Gasteiger partial charge is 0.454 e. The van der Waals surface area contributed by atoms with Crippen LogP contribution in [-0.2, 0) is 30.3 Å². The van der Waals surface area contributed by atoms with Crippen LogP contribution in [0.3, 0.4) is 0 Å². The first-order valence-corrected chi connectivity index (χ1v) is 11.5. The van der Waals surface area contributed by atoms with Crippen LogP contribution < -0.4 is 5.32 Å².